The third-order valence-electron chi connectivity index (χ3n) is 3.92. The molecule has 0 saturated heterocycles. The van der Waals surface area contributed by atoms with Gasteiger partial charge in [-0.25, -0.2) is 0 Å². The molecular weight excluding hydrogens is 300 g/mol. The van der Waals surface area contributed by atoms with E-state index in [-0.39, 0.29) is 7.43 Å². The Morgan fingerprint density at radius 1 is 0.760 bits per heavy atom. The Hall–Kier alpha value is -0.780. The van der Waals surface area contributed by atoms with E-state index in [1.165, 1.54) is 62.5 Å². The summed E-state index contributed by atoms with van der Waals surface area (Å²) in [5.41, 5.74) is 2.68. The van der Waals surface area contributed by atoms with Crippen LogP contribution in [-0.4, -0.2) is 0 Å². The van der Waals surface area contributed by atoms with E-state index >= 15 is 0 Å². The van der Waals surface area contributed by atoms with Gasteiger partial charge < -0.3 is 0 Å². The van der Waals surface area contributed by atoms with Crippen molar-refractivity contribution in [3.8, 4) is 0 Å². The Bertz CT molecular complexity index is 294. The molecule has 0 aliphatic rings. The molecule has 0 spiro atoms. The normalized spacial score (nSPS) is 9.80. The second-order valence-electron chi connectivity index (χ2n) is 6.52. The van der Waals surface area contributed by atoms with Crippen molar-refractivity contribution in [1.29, 1.82) is 0 Å². The maximum atomic E-state index is 2.35. The van der Waals surface area contributed by atoms with Gasteiger partial charge in [0.05, 0.1) is 0 Å². The predicted molar refractivity (Wildman–Crippen MR) is 123 cm³/mol. The number of hydrogen-bond acceptors (Lipinski definition) is 0. The quantitative estimate of drug-likeness (QED) is 0.428. The zero-order valence-corrected chi connectivity index (χ0v) is 18.5. The fourth-order valence-corrected chi connectivity index (χ4v) is 1.93. The van der Waals surface area contributed by atoms with Crippen LogP contribution in [0.4, 0.5) is 0 Å². The zero-order chi connectivity index (χ0) is 19.2. The van der Waals surface area contributed by atoms with Gasteiger partial charge >= 0.3 is 0 Å². The van der Waals surface area contributed by atoms with Crippen molar-refractivity contribution in [1.82, 2.24) is 0 Å². The van der Waals surface area contributed by atoms with Crippen LogP contribution >= 0.6 is 0 Å². The van der Waals surface area contributed by atoms with Crippen molar-refractivity contribution in [2.75, 3.05) is 0 Å². The van der Waals surface area contributed by atoms with Gasteiger partial charge in [-0.15, -0.1) is 0 Å². The van der Waals surface area contributed by atoms with E-state index in [2.05, 4.69) is 72.7 Å². The first kappa shape index (κ1) is 31.9. The molecule has 0 aromatic heterocycles. The lowest BCUT2D eigenvalue weighted by molar-refractivity contribution is 0.477. The summed E-state index contributed by atoms with van der Waals surface area (Å²) in [5, 5.41) is 0. The highest BCUT2D eigenvalue weighted by Crippen LogP contribution is 2.12. The van der Waals surface area contributed by atoms with Crippen molar-refractivity contribution >= 4 is 0 Å². The lowest BCUT2D eigenvalue weighted by Gasteiger charge is -2.06. The van der Waals surface area contributed by atoms with Crippen molar-refractivity contribution in [2.45, 2.75) is 121 Å². The van der Waals surface area contributed by atoms with Crippen LogP contribution in [0.2, 0.25) is 0 Å². The van der Waals surface area contributed by atoms with Crippen molar-refractivity contribution in [3.05, 3.63) is 35.4 Å². The monoisotopic (exact) mass is 352 g/mol. The summed E-state index contributed by atoms with van der Waals surface area (Å²) in [5.74, 6) is 0.955. The van der Waals surface area contributed by atoms with E-state index < -0.39 is 0 Å². The van der Waals surface area contributed by atoms with Gasteiger partial charge in [0, 0.05) is 0 Å². The minimum Gasteiger partial charge on any atom is -0.0776 e. The van der Waals surface area contributed by atoms with Crippen LogP contribution in [0.15, 0.2) is 24.3 Å². The lowest BCUT2D eigenvalue weighted by atomic mass is 10.0. The molecule has 25 heavy (non-hydrogen) atoms. The van der Waals surface area contributed by atoms with Crippen molar-refractivity contribution < 1.29 is 0 Å². The summed E-state index contributed by atoms with van der Waals surface area (Å²) in [6.45, 7) is 19.5. The molecule has 0 heterocycles. The molecule has 1 aromatic rings. The fourth-order valence-electron chi connectivity index (χ4n) is 1.93. The van der Waals surface area contributed by atoms with E-state index in [9.17, 15) is 0 Å². The molecule has 0 heteroatoms. The molecule has 0 nitrogen and oxygen atoms in total. The van der Waals surface area contributed by atoms with Crippen molar-refractivity contribution in [2.24, 2.45) is 5.92 Å². The van der Waals surface area contributed by atoms with Gasteiger partial charge in [-0.05, 0) is 19.8 Å². The van der Waals surface area contributed by atoms with Crippen LogP contribution in [-0.2, 0) is 0 Å². The highest BCUT2D eigenvalue weighted by atomic mass is 14.0. The second kappa shape index (κ2) is 28.0. The Balaban J connectivity index is -0.000000132. The molecule has 0 bridgehead atoms. The molecule has 1 rings (SSSR count). The molecule has 0 amide bonds. The van der Waals surface area contributed by atoms with Gasteiger partial charge in [-0.2, -0.15) is 0 Å². The molecule has 0 N–H and O–H groups in total. The molecule has 1 unspecified atom stereocenters. The standard InChI is InChI=1S/C10H22.C8H10.C4H10.C2H6.CH4/c1-4-6-7-8-9-10(3)5-2;1-7-4-3-5-8(2)6-7;1-3-4-2;1-2;/h10H,4-9H2,1-3H3;3-6H,1-2H3;3-4H2,1-2H3;1-2H3;1H4. The smallest absolute Gasteiger partial charge is 0.0398 e. The fraction of sp³-hybridized carbons (Fsp3) is 0.760. The van der Waals surface area contributed by atoms with Crippen molar-refractivity contribution in [3.63, 3.8) is 0 Å². The van der Waals surface area contributed by atoms with Gasteiger partial charge in [-0.1, -0.05) is 143 Å². The third-order valence-corrected chi connectivity index (χ3v) is 3.92. The SMILES string of the molecule is C.CC.CCCC.CCCCCCC(C)CC.Cc1cccc(C)c1. The van der Waals surface area contributed by atoms with Crippen LogP contribution in [0.25, 0.3) is 0 Å². The Labute approximate surface area is 162 Å². The molecule has 1 aromatic carbocycles. The second-order valence-corrected chi connectivity index (χ2v) is 6.52. The molecular formula is C25H52. The molecule has 0 radical (unpaired) electrons. The third kappa shape index (κ3) is 31.5. The van der Waals surface area contributed by atoms with E-state index in [1.54, 1.807) is 0 Å². The zero-order valence-electron chi connectivity index (χ0n) is 18.5. The first-order chi connectivity index (χ1) is 11.5. The van der Waals surface area contributed by atoms with Gasteiger partial charge in [0.2, 0.25) is 0 Å². The van der Waals surface area contributed by atoms with Gasteiger partial charge in [0.15, 0.2) is 0 Å². The molecule has 0 aliphatic heterocycles. The Morgan fingerprint density at radius 2 is 1.24 bits per heavy atom. The average Bonchev–Trinajstić information content (AvgIpc) is 2.61. The average molecular weight is 353 g/mol. The summed E-state index contributed by atoms with van der Waals surface area (Å²) in [4.78, 5) is 0. The number of aryl methyl sites for hydroxylation is 2. The van der Waals surface area contributed by atoms with E-state index in [4.69, 9.17) is 0 Å². The van der Waals surface area contributed by atoms with Crippen LogP contribution in [0.1, 0.15) is 118 Å². The van der Waals surface area contributed by atoms with E-state index in [0.717, 1.165) is 5.92 Å². The summed E-state index contributed by atoms with van der Waals surface area (Å²) < 4.78 is 0. The molecule has 0 aliphatic carbocycles. The van der Waals surface area contributed by atoms with Crippen LogP contribution in [0, 0.1) is 19.8 Å². The van der Waals surface area contributed by atoms with Crippen LogP contribution < -0.4 is 0 Å². The number of unbranched alkanes of at least 4 members (excludes halogenated alkanes) is 4. The van der Waals surface area contributed by atoms with E-state index in [0.29, 0.717) is 0 Å². The predicted octanol–water partition coefficient (Wildman–Crippen LogP) is 9.78. The topological polar surface area (TPSA) is 0 Å². The van der Waals surface area contributed by atoms with E-state index in [1.807, 2.05) is 13.8 Å². The molecule has 0 saturated carbocycles. The van der Waals surface area contributed by atoms with Gasteiger partial charge in [-0.3, -0.25) is 0 Å². The molecule has 152 valence electrons. The summed E-state index contributed by atoms with van der Waals surface area (Å²) in [6, 6.07) is 8.45. The number of benzene rings is 1. The summed E-state index contributed by atoms with van der Waals surface area (Å²) in [6.07, 6.45) is 11.1. The first-order valence-corrected chi connectivity index (χ1v) is 10.5. The first-order valence-electron chi connectivity index (χ1n) is 10.5. The minimum atomic E-state index is 0. The Kier molecular flexibility index (Phi) is 35.8. The van der Waals surface area contributed by atoms with Crippen LogP contribution in [0.5, 0.6) is 0 Å². The highest BCUT2D eigenvalue weighted by molar-refractivity contribution is 5.20. The highest BCUT2D eigenvalue weighted by Gasteiger charge is 1.96. The maximum absolute atomic E-state index is 2.35. The molecule has 0 fully saturated rings. The van der Waals surface area contributed by atoms with Gasteiger partial charge in [0.25, 0.3) is 0 Å². The number of rotatable bonds is 7. The lowest BCUT2D eigenvalue weighted by Crippen LogP contribution is -1.91. The minimum absolute atomic E-state index is 0. The Morgan fingerprint density at radius 3 is 1.52 bits per heavy atom. The largest absolute Gasteiger partial charge is 0.0776 e. The molecule has 1 atom stereocenters. The summed E-state index contributed by atoms with van der Waals surface area (Å²) in [7, 11) is 0. The van der Waals surface area contributed by atoms with Crippen LogP contribution in [0.3, 0.4) is 0 Å². The maximum Gasteiger partial charge on any atom is -0.0398 e. The number of hydrogen-bond donors (Lipinski definition) is 0. The summed E-state index contributed by atoms with van der Waals surface area (Å²) >= 11 is 0. The van der Waals surface area contributed by atoms with Gasteiger partial charge in [0.1, 0.15) is 0 Å².